The first-order valence-corrected chi connectivity index (χ1v) is 6.59. The van der Waals surface area contributed by atoms with Gasteiger partial charge in [-0.3, -0.25) is 0 Å². The molecule has 0 saturated heterocycles. The summed E-state index contributed by atoms with van der Waals surface area (Å²) in [5, 5.41) is 0. The Morgan fingerprint density at radius 3 is 1.29 bits per heavy atom. The van der Waals surface area contributed by atoms with E-state index in [0.717, 1.165) is 0 Å². The minimum absolute atomic E-state index is 1.32. The molecule has 0 aliphatic heterocycles. The van der Waals surface area contributed by atoms with Crippen molar-refractivity contribution in [2.45, 2.75) is 20.8 Å². The van der Waals surface area contributed by atoms with Crippen LogP contribution in [0.2, 0.25) is 0 Å². The summed E-state index contributed by atoms with van der Waals surface area (Å²) in [4.78, 5) is 0. The second-order valence-electron chi connectivity index (χ2n) is 3.83. The van der Waals surface area contributed by atoms with E-state index < -0.39 is 7.81 Å². The van der Waals surface area contributed by atoms with Gasteiger partial charge in [0.25, 0.3) is 0 Å². The van der Waals surface area contributed by atoms with Crippen molar-refractivity contribution in [3.63, 3.8) is 0 Å². The molecule has 0 atom stereocenters. The molecule has 0 unspecified atom stereocenters. The fraction of sp³-hybridized carbons (Fsp3) is 0.444. The molecule has 0 bridgehead atoms. The Kier molecular flexibility index (Phi) is 3.64. The topological polar surface area (TPSA) is 3.88 Å². The van der Waals surface area contributed by atoms with Crippen LogP contribution in [0.5, 0.6) is 0 Å². The van der Waals surface area contributed by atoms with Crippen molar-refractivity contribution in [3.05, 3.63) is 29.1 Å². The Bertz CT molecular complexity index is 387. The molecule has 0 N–H and O–H groups in total. The molecule has 0 aromatic carbocycles. The van der Waals surface area contributed by atoms with Crippen LogP contribution in [-0.2, 0) is 7.05 Å². The summed E-state index contributed by atoms with van der Waals surface area (Å²) in [6, 6.07) is 4.38. The van der Waals surface area contributed by atoms with E-state index in [4.69, 9.17) is 0 Å². The molecule has 0 fully saturated rings. The number of aryl methyl sites for hydroxylation is 3. The predicted molar refractivity (Wildman–Crippen MR) is 55.4 cm³/mol. The molecule has 102 valence electrons. The first kappa shape index (κ1) is 16.2. The molecular formula is C9H14F6NP. The summed E-state index contributed by atoms with van der Waals surface area (Å²) in [6.07, 6.45) is 0. The quantitative estimate of drug-likeness (QED) is 0.365. The van der Waals surface area contributed by atoms with Crippen LogP contribution in [0.3, 0.4) is 0 Å². The predicted octanol–water partition coefficient (Wildman–Crippen LogP) is 4.82. The molecule has 0 aliphatic carbocycles. The number of nitrogens with zero attached hydrogens (tertiary/aromatic N) is 1. The number of pyridine rings is 1. The average Bonchev–Trinajstić information content (AvgIpc) is 1.93. The molecule has 1 aromatic rings. The number of hydrogen-bond donors (Lipinski definition) is 0. The van der Waals surface area contributed by atoms with Crippen molar-refractivity contribution in [1.29, 1.82) is 0 Å². The van der Waals surface area contributed by atoms with Crippen LogP contribution >= 0.6 is 7.81 Å². The van der Waals surface area contributed by atoms with Gasteiger partial charge < -0.3 is 0 Å². The van der Waals surface area contributed by atoms with Crippen molar-refractivity contribution in [2.75, 3.05) is 0 Å². The summed E-state index contributed by atoms with van der Waals surface area (Å²) in [5.74, 6) is 0. The van der Waals surface area contributed by atoms with Crippen LogP contribution < -0.4 is 4.57 Å². The van der Waals surface area contributed by atoms with E-state index in [-0.39, 0.29) is 0 Å². The first-order valence-electron chi connectivity index (χ1n) is 4.56. The van der Waals surface area contributed by atoms with Gasteiger partial charge in [-0.1, -0.05) is 0 Å². The fourth-order valence-electron chi connectivity index (χ4n) is 1.17. The molecule has 0 aliphatic rings. The average molecular weight is 281 g/mol. The van der Waals surface area contributed by atoms with Gasteiger partial charge in [-0.2, -0.15) is 0 Å². The van der Waals surface area contributed by atoms with Gasteiger partial charge in [0, 0.05) is 26.0 Å². The van der Waals surface area contributed by atoms with Crippen LogP contribution in [0.4, 0.5) is 25.2 Å². The molecule has 0 radical (unpaired) electrons. The molecule has 17 heavy (non-hydrogen) atoms. The molecule has 0 amide bonds. The van der Waals surface area contributed by atoms with E-state index in [2.05, 4.69) is 44.5 Å². The minimum atomic E-state index is -10.7. The summed E-state index contributed by atoms with van der Waals surface area (Å²) >= 11 is 0. The molecule has 1 aromatic heterocycles. The number of hydrogen-bond acceptors (Lipinski definition) is 0. The Hall–Kier alpha value is -0.840. The fourth-order valence-corrected chi connectivity index (χ4v) is 1.17. The maximum absolute atomic E-state index is 10.7. The van der Waals surface area contributed by atoms with Gasteiger partial charge in [0.1, 0.15) is 7.05 Å². The SMILES string of the molecule is Cc1cc(C)[n+](C)c(C)c1.F[P-](F)(F)(F)(F)F. The van der Waals surface area contributed by atoms with E-state index in [0.29, 0.717) is 0 Å². The van der Waals surface area contributed by atoms with Crippen molar-refractivity contribution in [3.8, 4) is 0 Å². The summed E-state index contributed by atoms with van der Waals surface area (Å²) < 4.78 is 61.4. The van der Waals surface area contributed by atoms with Gasteiger partial charge >= 0.3 is 33.0 Å². The van der Waals surface area contributed by atoms with E-state index in [9.17, 15) is 25.2 Å². The van der Waals surface area contributed by atoms with E-state index in [1.807, 2.05) is 0 Å². The van der Waals surface area contributed by atoms with E-state index in [1.54, 1.807) is 0 Å². The molecule has 0 saturated carbocycles. The third-order valence-corrected chi connectivity index (χ3v) is 1.93. The Balaban J connectivity index is 0.000000325. The molecule has 1 rings (SSSR count). The van der Waals surface area contributed by atoms with Crippen LogP contribution in [0, 0.1) is 20.8 Å². The van der Waals surface area contributed by atoms with Crippen LogP contribution in [0.1, 0.15) is 17.0 Å². The van der Waals surface area contributed by atoms with Gasteiger partial charge in [-0.25, -0.2) is 4.57 Å². The van der Waals surface area contributed by atoms with E-state index >= 15 is 0 Å². The second kappa shape index (κ2) is 3.83. The molecule has 1 heterocycles. The summed E-state index contributed by atoms with van der Waals surface area (Å²) in [5.41, 5.74) is 3.98. The number of rotatable bonds is 0. The standard InChI is InChI=1S/C9H14N.F6P/c1-7-5-8(2)10(4)9(3)6-7;1-7(2,3,4,5)6/h5-6H,1-4H3;/q+1;-1. The van der Waals surface area contributed by atoms with Crippen LogP contribution in [-0.4, -0.2) is 0 Å². The number of halogens is 6. The van der Waals surface area contributed by atoms with Gasteiger partial charge in [0.2, 0.25) is 0 Å². The van der Waals surface area contributed by atoms with E-state index in [1.165, 1.54) is 17.0 Å². The zero-order chi connectivity index (χ0) is 14.1. The molecular weight excluding hydrogens is 267 g/mol. The first-order chi connectivity index (χ1) is 7.06. The maximum atomic E-state index is 9.87. The third-order valence-electron chi connectivity index (χ3n) is 1.93. The zero-order valence-corrected chi connectivity index (χ0v) is 10.7. The Labute approximate surface area is 95.3 Å². The van der Waals surface area contributed by atoms with Crippen LogP contribution in [0.25, 0.3) is 0 Å². The van der Waals surface area contributed by atoms with Gasteiger partial charge in [-0.15, -0.1) is 0 Å². The number of aromatic nitrogens is 1. The second-order valence-corrected chi connectivity index (χ2v) is 5.75. The zero-order valence-electron chi connectivity index (χ0n) is 9.82. The van der Waals surface area contributed by atoms with Gasteiger partial charge in [0.05, 0.1) is 0 Å². The van der Waals surface area contributed by atoms with Crippen molar-refractivity contribution in [1.82, 2.24) is 0 Å². The van der Waals surface area contributed by atoms with Crippen molar-refractivity contribution in [2.24, 2.45) is 7.05 Å². The van der Waals surface area contributed by atoms with Crippen molar-refractivity contribution >= 4 is 7.81 Å². The molecule has 8 heteroatoms. The monoisotopic (exact) mass is 281 g/mol. The van der Waals surface area contributed by atoms with Gasteiger partial charge in [-0.05, 0) is 12.5 Å². The third kappa shape index (κ3) is 11.4. The van der Waals surface area contributed by atoms with Crippen LogP contribution in [0.15, 0.2) is 12.1 Å². The normalized spacial score (nSPS) is 15.4. The van der Waals surface area contributed by atoms with Gasteiger partial charge in [0.15, 0.2) is 11.4 Å². The van der Waals surface area contributed by atoms with Crippen molar-refractivity contribution < 1.29 is 29.7 Å². The molecule has 0 spiro atoms. The Morgan fingerprint density at radius 1 is 0.824 bits per heavy atom. The summed E-state index contributed by atoms with van der Waals surface area (Å²) in [7, 11) is -8.57. The molecule has 1 nitrogen and oxygen atoms in total. The summed E-state index contributed by atoms with van der Waals surface area (Å²) in [6.45, 7) is 6.38. The Morgan fingerprint density at radius 2 is 1.06 bits per heavy atom.